The highest BCUT2D eigenvalue weighted by atomic mass is 79.9. The summed E-state index contributed by atoms with van der Waals surface area (Å²) in [7, 11) is 1.57. The SMILES string of the molecule is CN(Cc1ccc(Br)cc1)CC(C(=N)N)C(F)(F)F. The van der Waals surface area contributed by atoms with E-state index in [0.29, 0.717) is 6.54 Å². The second kappa shape index (κ2) is 6.38. The Hall–Kier alpha value is -1.08. The van der Waals surface area contributed by atoms with Gasteiger partial charge < -0.3 is 10.6 Å². The largest absolute Gasteiger partial charge is 0.399 e. The third kappa shape index (κ3) is 5.20. The van der Waals surface area contributed by atoms with E-state index in [1.165, 1.54) is 4.90 Å². The average molecular weight is 338 g/mol. The Morgan fingerprint density at radius 3 is 2.32 bits per heavy atom. The summed E-state index contributed by atoms with van der Waals surface area (Å²) < 4.78 is 38.9. The van der Waals surface area contributed by atoms with E-state index < -0.39 is 17.9 Å². The molecule has 1 atom stereocenters. The molecule has 0 saturated carbocycles. The lowest BCUT2D eigenvalue weighted by molar-refractivity contribution is -0.159. The minimum Gasteiger partial charge on any atom is -0.387 e. The molecule has 0 radical (unpaired) electrons. The predicted molar refractivity (Wildman–Crippen MR) is 71.9 cm³/mol. The monoisotopic (exact) mass is 337 g/mol. The normalized spacial score (nSPS) is 13.6. The number of hydrogen-bond acceptors (Lipinski definition) is 2. The molecular formula is C12H15BrF3N3. The molecule has 19 heavy (non-hydrogen) atoms. The van der Waals surface area contributed by atoms with E-state index in [4.69, 9.17) is 11.1 Å². The molecule has 3 N–H and O–H groups in total. The predicted octanol–water partition coefficient (Wildman–Crippen LogP) is 3.00. The van der Waals surface area contributed by atoms with E-state index in [1.807, 2.05) is 24.3 Å². The third-order valence-electron chi connectivity index (χ3n) is 2.63. The number of hydrogen-bond donors (Lipinski definition) is 2. The molecule has 0 aliphatic rings. The number of benzene rings is 1. The van der Waals surface area contributed by atoms with Gasteiger partial charge in [-0.3, -0.25) is 5.41 Å². The molecule has 1 aromatic carbocycles. The standard InChI is InChI=1S/C12H15BrF3N3/c1-19(6-8-2-4-9(13)5-3-8)7-10(11(17)18)12(14,15)16/h2-5,10H,6-7H2,1H3,(H3,17,18). The van der Waals surface area contributed by atoms with Gasteiger partial charge in [-0.05, 0) is 24.7 Å². The lowest BCUT2D eigenvalue weighted by Crippen LogP contribution is -2.42. The molecule has 0 heterocycles. The maximum Gasteiger partial charge on any atom is 0.399 e. The number of nitrogens with one attached hydrogen (secondary N) is 1. The van der Waals surface area contributed by atoms with Crippen LogP contribution in [0.4, 0.5) is 13.2 Å². The second-order valence-electron chi connectivity index (χ2n) is 4.37. The van der Waals surface area contributed by atoms with Gasteiger partial charge in [0.05, 0.1) is 0 Å². The minimum atomic E-state index is -4.49. The highest BCUT2D eigenvalue weighted by molar-refractivity contribution is 9.10. The molecule has 106 valence electrons. The first kappa shape index (κ1) is 16.0. The van der Waals surface area contributed by atoms with Crippen LogP contribution in [0.25, 0.3) is 0 Å². The van der Waals surface area contributed by atoms with E-state index in [1.54, 1.807) is 7.05 Å². The lowest BCUT2D eigenvalue weighted by atomic mass is 10.1. The molecule has 7 heteroatoms. The Balaban J connectivity index is 2.65. The zero-order chi connectivity index (χ0) is 14.6. The average Bonchev–Trinajstić information content (AvgIpc) is 2.27. The second-order valence-corrected chi connectivity index (χ2v) is 5.29. The van der Waals surface area contributed by atoms with Gasteiger partial charge in [0.2, 0.25) is 0 Å². The van der Waals surface area contributed by atoms with Crippen LogP contribution in [0.3, 0.4) is 0 Å². The van der Waals surface area contributed by atoms with Crippen molar-refractivity contribution in [1.29, 1.82) is 5.41 Å². The van der Waals surface area contributed by atoms with Gasteiger partial charge in [0.1, 0.15) is 11.8 Å². The molecule has 0 amide bonds. The quantitative estimate of drug-likeness (QED) is 0.641. The van der Waals surface area contributed by atoms with E-state index in [2.05, 4.69) is 15.9 Å². The van der Waals surface area contributed by atoms with Gasteiger partial charge in [-0.1, -0.05) is 28.1 Å². The Morgan fingerprint density at radius 2 is 1.89 bits per heavy atom. The first-order valence-electron chi connectivity index (χ1n) is 5.53. The van der Waals surface area contributed by atoms with Crippen LogP contribution in [-0.4, -0.2) is 30.5 Å². The summed E-state index contributed by atoms with van der Waals surface area (Å²) in [4.78, 5) is 1.50. The summed E-state index contributed by atoms with van der Waals surface area (Å²) in [5.41, 5.74) is 5.91. The molecule has 0 spiro atoms. The summed E-state index contributed by atoms with van der Waals surface area (Å²) in [5, 5.41) is 7.03. The fraction of sp³-hybridized carbons (Fsp3) is 0.417. The topological polar surface area (TPSA) is 53.1 Å². The number of amidine groups is 1. The molecule has 1 rings (SSSR count). The van der Waals surface area contributed by atoms with Crippen molar-refractivity contribution in [2.75, 3.05) is 13.6 Å². The van der Waals surface area contributed by atoms with Crippen molar-refractivity contribution < 1.29 is 13.2 Å². The molecular weight excluding hydrogens is 323 g/mol. The number of nitrogens with zero attached hydrogens (tertiary/aromatic N) is 1. The summed E-state index contributed by atoms with van der Waals surface area (Å²) in [5.74, 6) is -2.77. The van der Waals surface area contributed by atoms with Crippen LogP contribution in [0.5, 0.6) is 0 Å². The van der Waals surface area contributed by atoms with Gasteiger partial charge in [-0.25, -0.2) is 0 Å². The maximum absolute atomic E-state index is 12.7. The molecule has 0 aromatic heterocycles. The Morgan fingerprint density at radius 1 is 1.37 bits per heavy atom. The van der Waals surface area contributed by atoms with Gasteiger partial charge in [-0.15, -0.1) is 0 Å². The molecule has 0 aliphatic carbocycles. The van der Waals surface area contributed by atoms with Crippen LogP contribution in [0.2, 0.25) is 0 Å². The van der Waals surface area contributed by atoms with Gasteiger partial charge in [0.25, 0.3) is 0 Å². The maximum atomic E-state index is 12.7. The van der Waals surface area contributed by atoms with Crippen molar-refractivity contribution in [2.45, 2.75) is 12.7 Å². The van der Waals surface area contributed by atoms with Crippen LogP contribution < -0.4 is 5.73 Å². The van der Waals surface area contributed by atoms with E-state index >= 15 is 0 Å². The number of rotatable bonds is 5. The zero-order valence-corrected chi connectivity index (χ0v) is 11.9. The van der Waals surface area contributed by atoms with E-state index in [-0.39, 0.29) is 6.54 Å². The van der Waals surface area contributed by atoms with Crippen molar-refractivity contribution in [3.05, 3.63) is 34.3 Å². The molecule has 1 unspecified atom stereocenters. The fourth-order valence-corrected chi connectivity index (χ4v) is 1.92. The first-order chi connectivity index (χ1) is 8.70. The molecule has 0 aliphatic heterocycles. The van der Waals surface area contributed by atoms with Crippen molar-refractivity contribution >= 4 is 21.8 Å². The van der Waals surface area contributed by atoms with Gasteiger partial charge >= 0.3 is 6.18 Å². The highest BCUT2D eigenvalue weighted by Crippen LogP contribution is 2.27. The van der Waals surface area contributed by atoms with E-state index in [9.17, 15) is 13.2 Å². The van der Waals surface area contributed by atoms with Gasteiger partial charge in [-0.2, -0.15) is 13.2 Å². The van der Waals surface area contributed by atoms with Gasteiger partial charge in [0.15, 0.2) is 0 Å². The van der Waals surface area contributed by atoms with Crippen LogP contribution in [0.1, 0.15) is 5.56 Å². The fourth-order valence-electron chi connectivity index (χ4n) is 1.66. The smallest absolute Gasteiger partial charge is 0.387 e. The van der Waals surface area contributed by atoms with Crippen molar-refractivity contribution in [3.8, 4) is 0 Å². The van der Waals surface area contributed by atoms with Crippen LogP contribution in [0, 0.1) is 11.3 Å². The van der Waals surface area contributed by atoms with Crippen molar-refractivity contribution in [1.82, 2.24) is 4.90 Å². The molecule has 1 aromatic rings. The van der Waals surface area contributed by atoms with Crippen LogP contribution in [-0.2, 0) is 6.54 Å². The number of halogens is 4. The number of nitrogens with two attached hydrogens (primary N) is 1. The van der Waals surface area contributed by atoms with Gasteiger partial charge in [0, 0.05) is 17.6 Å². The Bertz CT molecular complexity index is 431. The third-order valence-corrected chi connectivity index (χ3v) is 3.16. The van der Waals surface area contributed by atoms with Crippen molar-refractivity contribution in [2.24, 2.45) is 11.7 Å². The summed E-state index contributed by atoms with van der Waals surface area (Å²) in [6, 6.07) is 7.32. The summed E-state index contributed by atoms with van der Waals surface area (Å²) in [6.07, 6.45) is -4.49. The zero-order valence-electron chi connectivity index (χ0n) is 10.3. The molecule has 0 bridgehead atoms. The van der Waals surface area contributed by atoms with Crippen molar-refractivity contribution in [3.63, 3.8) is 0 Å². The number of alkyl halides is 3. The highest BCUT2D eigenvalue weighted by Gasteiger charge is 2.42. The Labute approximate surface area is 118 Å². The lowest BCUT2D eigenvalue weighted by Gasteiger charge is -2.25. The van der Waals surface area contributed by atoms with Crippen LogP contribution >= 0.6 is 15.9 Å². The van der Waals surface area contributed by atoms with E-state index in [0.717, 1.165) is 10.0 Å². The first-order valence-corrected chi connectivity index (χ1v) is 6.33. The van der Waals surface area contributed by atoms with Crippen LogP contribution in [0.15, 0.2) is 28.7 Å². The molecule has 0 saturated heterocycles. The molecule has 0 fully saturated rings. The summed E-state index contributed by atoms with van der Waals surface area (Å²) >= 11 is 3.29. The summed E-state index contributed by atoms with van der Waals surface area (Å²) in [6.45, 7) is 0.0437. The molecule has 3 nitrogen and oxygen atoms in total. The minimum absolute atomic E-state index is 0.325. The Kier molecular flexibility index (Phi) is 5.37.